The fourth-order valence-corrected chi connectivity index (χ4v) is 1.37. The summed E-state index contributed by atoms with van der Waals surface area (Å²) in [6, 6.07) is 12.7. The molecular weight excluding hydrogens is 216 g/mol. The molecule has 2 N–H and O–H groups in total. The number of ether oxygens (including phenoxy) is 2. The lowest BCUT2D eigenvalue weighted by molar-refractivity contribution is 0.321. The van der Waals surface area contributed by atoms with Gasteiger partial charge in [-0.1, -0.05) is 18.2 Å². The van der Waals surface area contributed by atoms with Crippen LogP contribution in [0.25, 0.3) is 0 Å². The van der Waals surface area contributed by atoms with E-state index in [1.54, 1.807) is 24.3 Å². The SMILES string of the molecule is CCOc1cccc(Oc2ccccc2N)n1. The van der Waals surface area contributed by atoms with Gasteiger partial charge in [0.2, 0.25) is 11.8 Å². The zero-order valence-corrected chi connectivity index (χ0v) is 9.59. The molecule has 0 unspecified atom stereocenters. The van der Waals surface area contributed by atoms with Crippen molar-refractivity contribution in [3.8, 4) is 17.5 Å². The molecule has 17 heavy (non-hydrogen) atoms. The maximum Gasteiger partial charge on any atom is 0.222 e. The number of benzene rings is 1. The van der Waals surface area contributed by atoms with Gasteiger partial charge in [0.15, 0.2) is 5.75 Å². The van der Waals surface area contributed by atoms with Crippen molar-refractivity contribution in [2.24, 2.45) is 0 Å². The zero-order valence-electron chi connectivity index (χ0n) is 9.59. The van der Waals surface area contributed by atoms with Gasteiger partial charge in [-0.15, -0.1) is 0 Å². The highest BCUT2D eigenvalue weighted by Gasteiger charge is 2.03. The molecule has 0 aliphatic heterocycles. The number of pyridine rings is 1. The van der Waals surface area contributed by atoms with E-state index in [0.717, 1.165) is 0 Å². The minimum Gasteiger partial charge on any atom is -0.478 e. The lowest BCUT2D eigenvalue weighted by Gasteiger charge is -2.08. The Balaban J connectivity index is 2.18. The second kappa shape index (κ2) is 5.21. The summed E-state index contributed by atoms with van der Waals surface area (Å²) in [4.78, 5) is 4.20. The summed E-state index contributed by atoms with van der Waals surface area (Å²) in [5.74, 6) is 1.60. The van der Waals surface area contributed by atoms with Crippen LogP contribution in [0.15, 0.2) is 42.5 Å². The smallest absolute Gasteiger partial charge is 0.222 e. The maximum absolute atomic E-state index is 5.78. The summed E-state index contributed by atoms with van der Waals surface area (Å²) in [7, 11) is 0. The van der Waals surface area contributed by atoms with E-state index >= 15 is 0 Å². The average molecular weight is 230 g/mol. The Labute approximate surface area is 100 Å². The summed E-state index contributed by atoms with van der Waals surface area (Å²) in [6.07, 6.45) is 0. The first-order valence-corrected chi connectivity index (χ1v) is 5.42. The van der Waals surface area contributed by atoms with Crippen molar-refractivity contribution in [2.45, 2.75) is 6.92 Å². The lowest BCUT2D eigenvalue weighted by atomic mass is 10.3. The second-order valence-electron chi connectivity index (χ2n) is 3.39. The van der Waals surface area contributed by atoms with Gasteiger partial charge in [-0.05, 0) is 19.1 Å². The molecule has 0 saturated carbocycles. The van der Waals surface area contributed by atoms with E-state index in [1.165, 1.54) is 0 Å². The highest BCUT2D eigenvalue weighted by atomic mass is 16.5. The predicted octanol–water partition coefficient (Wildman–Crippen LogP) is 2.85. The first-order chi connectivity index (χ1) is 8.29. The van der Waals surface area contributed by atoms with Gasteiger partial charge in [0.05, 0.1) is 12.3 Å². The van der Waals surface area contributed by atoms with E-state index in [9.17, 15) is 0 Å². The topological polar surface area (TPSA) is 57.4 Å². The Morgan fingerprint density at radius 3 is 2.59 bits per heavy atom. The number of aromatic nitrogens is 1. The van der Waals surface area contributed by atoms with Gasteiger partial charge in [0.25, 0.3) is 0 Å². The number of rotatable bonds is 4. The largest absolute Gasteiger partial charge is 0.478 e. The number of anilines is 1. The van der Waals surface area contributed by atoms with Crippen LogP contribution in [0, 0.1) is 0 Å². The van der Waals surface area contributed by atoms with Crippen molar-refractivity contribution in [1.82, 2.24) is 4.98 Å². The molecule has 0 saturated heterocycles. The summed E-state index contributed by atoms with van der Waals surface area (Å²) >= 11 is 0. The van der Waals surface area contributed by atoms with Crippen LogP contribution in [-0.4, -0.2) is 11.6 Å². The lowest BCUT2D eigenvalue weighted by Crippen LogP contribution is -1.97. The van der Waals surface area contributed by atoms with Crippen molar-refractivity contribution in [2.75, 3.05) is 12.3 Å². The molecule has 2 aromatic rings. The van der Waals surface area contributed by atoms with Gasteiger partial charge in [-0.25, -0.2) is 0 Å². The van der Waals surface area contributed by atoms with Gasteiger partial charge in [-0.3, -0.25) is 0 Å². The van der Waals surface area contributed by atoms with Crippen LogP contribution < -0.4 is 15.2 Å². The fourth-order valence-electron chi connectivity index (χ4n) is 1.37. The third-order valence-electron chi connectivity index (χ3n) is 2.12. The molecule has 0 aliphatic carbocycles. The molecule has 0 aliphatic rings. The van der Waals surface area contributed by atoms with Crippen molar-refractivity contribution in [3.05, 3.63) is 42.5 Å². The molecule has 1 heterocycles. The molecule has 0 atom stereocenters. The third-order valence-corrected chi connectivity index (χ3v) is 2.12. The minimum absolute atomic E-state index is 0.467. The molecule has 1 aromatic carbocycles. The van der Waals surface area contributed by atoms with Crippen molar-refractivity contribution >= 4 is 5.69 Å². The molecule has 0 radical (unpaired) electrons. The van der Waals surface area contributed by atoms with Crippen LogP contribution in [0.4, 0.5) is 5.69 Å². The number of hydrogen-bond donors (Lipinski definition) is 1. The van der Waals surface area contributed by atoms with E-state index in [0.29, 0.717) is 29.8 Å². The Bertz CT molecular complexity index is 500. The van der Waals surface area contributed by atoms with Crippen LogP contribution in [0.1, 0.15) is 6.92 Å². The molecular formula is C13H14N2O2. The first kappa shape index (κ1) is 11.3. The molecule has 4 nitrogen and oxygen atoms in total. The maximum atomic E-state index is 5.78. The van der Waals surface area contributed by atoms with Gasteiger partial charge >= 0.3 is 0 Å². The molecule has 1 aromatic heterocycles. The fraction of sp³-hybridized carbons (Fsp3) is 0.154. The van der Waals surface area contributed by atoms with Gasteiger partial charge < -0.3 is 15.2 Å². The Kier molecular flexibility index (Phi) is 3.45. The quantitative estimate of drug-likeness (QED) is 0.820. The van der Waals surface area contributed by atoms with E-state index in [-0.39, 0.29) is 0 Å². The van der Waals surface area contributed by atoms with Crippen LogP contribution in [0.2, 0.25) is 0 Å². The number of nitrogens with zero attached hydrogens (tertiary/aromatic N) is 1. The average Bonchev–Trinajstić information content (AvgIpc) is 2.33. The Morgan fingerprint density at radius 1 is 1.06 bits per heavy atom. The standard InChI is InChI=1S/C13H14N2O2/c1-2-16-12-8-5-9-13(15-12)17-11-7-4-3-6-10(11)14/h3-9H,2,14H2,1H3. The van der Waals surface area contributed by atoms with Crippen LogP contribution in [0.5, 0.6) is 17.5 Å². The second-order valence-corrected chi connectivity index (χ2v) is 3.39. The van der Waals surface area contributed by atoms with Gasteiger partial charge in [-0.2, -0.15) is 4.98 Å². The first-order valence-electron chi connectivity index (χ1n) is 5.42. The monoisotopic (exact) mass is 230 g/mol. The Morgan fingerprint density at radius 2 is 1.82 bits per heavy atom. The van der Waals surface area contributed by atoms with Gasteiger partial charge in [0, 0.05) is 12.1 Å². The van der Waals surface area contributed by atoms with E-state index in [2.05, 4.69) is 4.98 Å². The van der Waals surface area contributed by atoms with Crippen molar-refractivity contribution in [3.63, 3.8) is 0 Å². The summed E-state index contributed by atoms with van der Waals surface area (Å²) in [5, 5.41) is 0. The minimum atomic E-state index is 0.467. The highest BCUT2D eigenvalue weighted by molar-refractivity contribution is 5.53. The van der Waals surface area contributed by atoms with Crippen LogP contribution in [-0.2, 0) is 0 Å². The molecule has 88 valence electrons. The number of nitrogens with two attached hydrogens (primary N) is 1. The molecule has 0 bridgehead atoms. The summed E-state index contributed by atoms with van der Waals surface area (Å²) in [6.45, 7) is 2.48. The van der Waals surface area contributed by atoms with E-state index < -0.39 is 0 Å². The molecule has 0 fully saturated rings. The predicted molar refractivity (Wildman–Crippen MR) is 66.3 cm³/mol. The third kappa shape index (κ3) is 2.87. The zero-order chi connectivity index (χ0) is 12.1. The number of para-hydroxylation sites is 2. The summed E-state index contributed by atoms with van der Waals surface area (Å²) < 4.78 is 10.9. The van der Waals surface area contributed by atoms with E-state index in [1.807, 2.05) is 25.1 Å². The molecule has 2 rings (SSSR count). The molecule has 0 spiro atoms. The molecule has 0 amide bonds. The normalized spacial score (nSPS) is 9.94. The van der Waals surface area contributed by atoms with Crippen LogP contribution >= 0.6 is 0 Å². The van der Waals surface area contributed by atoms with Gasteiger partial charge in [0.1, 0.15) is 0 Å². The van der Waals surface area contributed by atoms with Crippen molar-refractivity contribution in [1.29, 1.82) is 0 Å². The number of hydrogen-bond acceptors (Lipinski definition) is 4. The number of nitrogen functional groups attached to an aromatic ring is 1. The van der Waals surface area contributed by atoms with Crippen molar-refractivity contribution < 1.29 is 9.47 Å². The summed E-state index contributed by atoms with van der Waals surface area (Å²) in [5.41, 5.74) is 6.36. The van der Waals surface area contributed by atoms with E-state index in [4.69, 9.17) is 15.2 Å². The van der Waals surface area contributed by atoms with Crippen LogP contribution in [0.3, 0.4) is 0 Å². The highest BCUT2D eigenvalue weighted by Crippen LogP contribution is 2.26. The molecule has 4 heteroatoms. The Hall–Kier alpha value is -2.23.